The van der Waals surface area contributed by atoms with Crippen LogP contribution in [0.4, 0.5) is 17.1 Å². The molecule has 1 aliphatic rings. The number of anilines is 3. The number of pyridine rings is 2. The number of nitrogens with zero attached hydrogens (tertiary/aromatic N) is 6. The Labute approximate surface area is 363 Å². The first-order valence-corrected chi connectivity index (χ1v) is 20.6. The maximum Gasteiger partial charge on any atom is 0.234 e. The topological polar surface area (TPSA) is 96.7 Å². The van der Waals surface area contributed by atoms with E-state index in [1.165, 1.54) is 11.1 Å². The molecule has 10 heteroatoms. The van der Waals surface area contributed by atoms with E-state index in [2.05, 4.69) is 93.9 Å². The van der Waals surface area contributed by atoms with Crippen molar-refractivity contribution in [2.24, 2.45) is 0 Å². The van der Waals surface area contributed by atoms with E-state index in [1.54, 1.807) is 12.4 Å². The van der Waals surface area contributed by atoms with Crippen LogP contribution in [0.25, 0.3) is 27.8 Å². The maximum atomic E-state index is 6.49. The molecule has 0 aliphatic carbocycles. The smallest absolute Gasteiger partial charge is 0.234 e. The van der Waals surface area contributed by atoms with Crippen LogP contribution < -0.4 is 23.8 Å². The first-order valence-electron chi connectivity index (χ1n) is 20.6. The van der Waals surface area contributed by atoms with Gasteiger partial charge in [0.25, 0.3) is 0 Å². The highest BCUT2D eigenvalue weighted by molar-refractivity contribution is 6.09. The van der Waals surface area contributed by atoms with Crippen LogP contribution in [0.2, 0.25) is 0 Å². The molecule has 4 aromatic heterocycles. The van der Waals surface area contributed by atoms with Gasteiger partial charge in [-0.1, -0.05) is 74.5 Å². The van der Waals surface area contributed by atoms with Gasteiger partial charge in [0.1, 0.15) is 34.5 Å². The van der Waals surface area contributed by atoms with E-state index in [4.69, 9.17) is 28.9 Å². The van der Waals surface area contributed by atoms with Crippen molar-refractivity contribution in [3.05, 3.63) is 206 Å². The van der Waals surface area contributed by atoms with Crippen molar-refractivity contribution >= 4 is 38.9 Å². The predicted octanol–water partition coefficient (Wildman–Crippen LogP) is 13.6. The molecular weight excluding hydrogens is 785 g/mol. The first kappa shape index (κ1) is 37.5. The standard InChI is InChI=1S/C53H38N6O4/c1-53(2)44-17-3-5-19-46(44)58(47-20-6-4-18-45(47)53)35-33-56-52(57-34-35)59-48-31-40(60-36-13-11-15-38(29-36)62-50-21-7-9-27-54-50)23-25-42(48)43-26-24-41(32-49(43)59)61-37-14-12-16-39(30-37)63-51-22-8-10-28-55-51/h3-34H,1-2H3. The molecule has 0 fully saturated rings. The van der Waals surface area contributed by atoms with Crippen LogP contribution in [0.1, 0.15) is 25.0 Å². The summed E-state index contributed by atoms with van der Waals surface area (Å²) in [7, 11) is 0. The Morgan fingerprint density at radius 3 is 1.33 bits per heavy atom. The number of fused-ring (bicyclic) bond motifs is 5. The van der Waals surface area contributed by atoms with E-state index < -0.39 is 0 Å². The van der Waals surface area contributed by atoms with Crippen molar-refractivity contribution in [1.82, 2.24) is 24.5 Å². The molecular formula is C53H38N6O4. The summed E-state index contributed by atoms with van der Waals surface area (Å²) < 4.78 is 27.0. The largest absolute Gasteiger partial charge is 0.457 e. The zero-order valence-corrected chi connectivity index (χ0v) is 34.3. The molecule has 6 aromatic carbocycles. The Hall–Kier alpha value is -8.50. The molecule has 0 unspecified atom stereocenters. The average Bonchev–Trinajstić information content (AvgIpc) is 3.63. The minimum atomic E-state index is -0.187. The molecule has 0 saturated heterocycles. The molecule has 0 radical (unpaired) electrons. The Bertz CT molecular complexity index is 3090. The molecule has 0 atom stereocenters. The number of hydrogen-bond acceptors (Lipinski definition) is 9. The number of ether oxygens (including phenoxy) is 4. The van der Waals surface area contributed by atoms with E-state index in [0.29, 0.717) is 52.2 Å². The fourth-order valence-corrected chi connectivity index (χ4v) is 8.34. The van der Waals surface area contributed by atoms with Crippen LogP contribution in [-0.2, 0) is 5.41 Å². The number of rotatable bonds is 10. The SMILES string of the molecule is CC1(C)c2ccccc2N(c2cnc(-n3c4cc(Oc5cccc(Oc6ccccn6)c5)ccc4c4ccc(Oc5cccc(Oc6ccccn6)c5)cc43)nc2)c2ccccc21. The van der Waals surface area contributed by atoms with Crippen LogP contribution in [0, 0.1) is 0 Å². The van der Waals surface area contributed by atoms with Crippen molar-refractivity contribution in [2.75, 3.05) is 4.90 Å². The molecule has 0 spiro atoms. The van der Waals surface area contributed by atoms with Gasteiger partial charge >= 0.3 is 0 Å². The molecule has 63 heavy (non-hydrogen) atoms. The Morgan fingerprint density at radius 1 is 0.413 bits per heavy atom. The molecule has 10 nitrogen and oxygen atoms in total. The number of hydrogen-bond donors (Lipinski definition) is 0. The monoisotopic (exact) mass is 822 g/mol. The van der Waals surface area contributed by atoms with Crippen LogP contribution >= 0.6 is 0 Å². The fraction of sp³-hybridized carbons (Fsp3) is 0.0566. The lowest BCUT2D eigenvalue weighted by Gasteiger charge is -2.41. The fourth-order valence-electron chi connectivity index (χ4n) is 8.34. The molecule has 11 rings (SSSR count). The van der Waals surface area contributed by atoms with Gasteiger partial charge in [-0.15, -0.1) is 0 Å². The van der Waals surface area contributed by atoms with E-state index >= 15 is 0 Å². The molecule has 0 N–H and O–H groups in total. The van der Waals surface area contributed by atoms with Gasteiger partial charge in [0.2, 0.25) is 17.7 Å². The van der Waals surface area contributed by atoms with Crippen molar-refractivity contribution in [3.63, 3.8) is 0 Å². The van der Waals surface area contributed by atoms with Crippen molar-refractivity contribution in [3.8, 4) is 52.2 Å². The summed E-state index contributed by atoms with van der Waals surface area (Å²) in [4.78, 5) is 21.0. The van der Waals surface area contributed by atoms with Gasteiger partial charge in [-0.3, -0.25) is 4.57 Å². The maximum absolute atomic E-state index is 6.49. The van der Waals surface area contributed by atoms with E-state index in [-0.39, 0.29) is 5.41 Å². The third-order valence-electron chi connectivity index (χ3n) is 11.2. The molecule has 10 aromatic rings. The second-order valence-corrected chi connectivity index (χ2v) is 15.6. The van der Waals surface area contributed by atoms with Gasteiger partial charge in [-0.05, 0) is 83.9 Å². The minimum Gasteiger partial charge on any atom is -0.457 e. The lowest BCUT2D eigenvalue weighted by Crippen LogP contribution is -2.30. The van der Waals surface area contributed by atoms with Gasteiger partial charge < -0.3 is 23.8 Å². The Morgan fingerprint density at radius 2 is 0.857 bits per heavy atom. The zero-order chi connectivity index (χ0) is 42.3. The van der Waals surface area contributed by atoms with Crippen molar-refractivity contribution < 1.29 is 18.9 Å². The van der Waals surface area contributed by atoms with Crippen LogP contribution in [0.5, 0.6) is 46.3 Å². The van der Waals surface area contributed by atoms with E-state index in [9.17, 15) is 0 Å². The summed E-state index contributed by atoms with van der Waals surface area (Å²) in [5.74, 6) is 5.19. The minimum absolute atomic E-state index is 0.187. The summed E-state index contributed by atoms with van der Waals surface area (Å²) in [6, 6.07) is 55.3. The molecule has 5 heterocycles. The Balaban J connectivity index is 0.993. The van der Waals surface area contributed by atoms with Crippen molar-refractivity contribution in [2.45, 2.75) is 19.3 Å². The number of benzene rings is 6. The van der Waals surface area contributed by atoms with Crippen LogP contribution in [0.3, 0.4) is 0 Å². The third kappa shape index (κ3) is 7.09. The van der Waals surface area contributed by atoms with Gasteiger partial charge in [-0.2, -0.15) is 0 Å². The van der Waals surface area contributed by atoms with Gasteiger partial charge in [-0.25, -0.2) is 19.9 Å². The van der Waals surface area contributed by atoms with Gasteiger partial charge in [0.05, 0.1) is 40.5 Å². The van der Waals surface area contributed by atoms with Crippen LogP contribution in [0.15, 0.2) is 195 Å². The molecule has 1 aliphatic heterocycles. The van der Waals surface area contributed by atoms with Crippen LogP contribution in [-0.4, -0.2) is 24.5 Å². The van der Waals surface area contributed by atoms with E-state index in [0.717, 1.165) is 38.9 Å². The average molecular weight is 823 g/mol. The molecule has 304 valence electrons. The Kier molecular flexibility index (Phi) is 9.23. The van der Waals surface area contributed by atoms with Crippen molar-refractivity contribution in [1.29, 1.82) is 0 Å². The molecule has 0 bridgehead atoms. The predicted molar refractivity (Wildman–Crippen MR) is 245 cm³/mol. The lowest BCUT2D eigenvalue weighted by atomic mass is 9.73. The number of para-hydroxylation sites is 2. The molecule has 0 saturated carbocycles. The highest BCUT2D eigenvalue weighted by Gasteiger charge is 2.36. The van der Waals surface area contributed by atoms with Gasteiger partial charge in [0, 0.05) is 65.0 Å². The summed E-state index contributed by atoms with van der Waals surface area (Å²) in [6.45, 7) is 4.55. The normalized spacial score (nSPS) is 12.7. The zero-order valence-electron chi connectivity index (χ0n) is 34.3. The second-order valence-electron chi connectivity index (χ2n) is 15.6. The second kappa shape index (κ2) is 15.5. The third-order valence-corrected chi connectivity index (χ3v) is 11.2. The highest BCUT2D eigenvalue weighted by Crippen LogP contribution is 2.51. The van der Waals surface area contributed by atoms with Gasteiger partial charge in [0.15, 0.2) is 0 Å². The summed E-state index contributed by atoms with van der Waals surface area (Å²) >= 11 is 0. The quantitative estimate of drug-likeness (QED) is 0.134. The lowest BCUT2D eigenvalue weighted by molar-refractivity contribution is 0.448. The first-order chi connectivity index (χ1) is 30.9. The summed E-state index contributed by atoms with van der Waals surface area (Å²) in [6.07, 6.45) is 7.18. The van der Waals surface area contributed by atoms with E-state index in [1.807, 2.05) is 122 Å². The highest BCUT2D eigenvalue weighted by atomic mass is 16.5. The summed E-state index contributed by atoms with van der Waals surface area (Å²) in [5, 5.41) is 1.99. The number of aromatic nitrogens is 5. The molecule has 0 amide bonds. The summed E-state index contributed by atoms with van der Waals surface area (Å²) in [5.41, 5.74) is 7.04.